The topological polar surface area (TPSA) is 118 Å². The summed E-state index contributed by atoms with van der Waals surface area (Å²) in [6, 6.07) is 20.3. The van der Waals surface area contributed by atoms with Crippen LogP contribution in [0.15, 0.2) is 78.9 Å². The van der Waals surface area contributed by atoms with E-state index in [4.69, 9.17) is 4.74 Å². The second-order valence-electron chi connectivity index (χ2n) is 8.76. The van der Waals surface area contributed by atoms with Gasteiger partial charge in [-0.25, -0.2) is 9.69 Å². The van der Waals surface area contributed by atoms with Crippen LogP contribution in [-0.4, -0.2) is 40.1 Å². The number of fused-ring (bicyclic) bond motifs is 3. The molecule has 35 heavy (non-hydrogen) atoms. The Balaban J connectivity index is 1.51. The number of Topliss-reactive ketones (excluding diaryl/α,β-unsaturated/α-hetero) is 2. The molecular formula is C27H17NO7. The highest BCUT2D eigenvalue weighted by Crippen LogP contribution is 2.57. The van der Waals surface area contributed by atoms with E-state index in [1.165, 1.54) is 36.4 Å². The van der Waals surface area contributed by atoms with Gasteiger partial charge in [0, 0.05) is 11.1 Å². The Labute approximate surface area is 198 Å². The van der Waals surface area contributed by atoms with Crippen LogP contribution in [0, 0.1) is 11.8 Å². The van der Waals surface area contributed by atoms with Gasteiger partial charge in [0.2, 0.25) is 29.0 Å². The SMILES string of the molecule is O=C(O)c1ccc(N2C(=O)[C@@H]3[C@@H](c4ccccc4)OC4(C(=O)c5ccccc5C4=O)[C@@H]3C2=O)cc1. The Kier molecular flexibility index (Phi) is 4.40. The van der Waals surface area contributed by atoms with Crippen molar-refractivity contribution < 1.29 is 33.8 Å². The minimum absolute atomic E-state index is 0.00778. The summed E-state index contributed by atoms with van der Waals surface area (Å²) in [6.45, 7) is 0. The normalized spacial score (nSPS) is 24.2. The van der Waals surface area contributed by atoms with Crippen LogP contribution in [0.25, 0.3) is 0 Å². The van der Waals surface area contributed by atoms with Gasteiger partial charge in [-0.2, -0.15) is 0 Å². The van der Waals surface area contributed by atoms with Crippen LogP contribution in [0.1, 0.15) is 42.7 Å². The molecule has 0 unspecified atom stereocenters. The molecule has 2 saturated heterocycles. The Morgan fingerprint density at radius 2 is 1.34 bits per heavy atom. The number of anilines is 1. The van der Waals surface area contributed by atoms with Crippen LogP contribution in [0.5, 0.6) is 0 Å². The van der Waals surface area contributed by atoms with E-state index in [1.54, 1.807) is 42.5 Å². The van der Waals surface area contributed by atoms with Crippen LogP contribution in [0.3, 0.4) is 0 Å². The second kappa shape index (κ2) is 7.28. The average molecular weight is 467 g/mol. The van der Waals surface area contributed by atoms with E-state index >= 15 is 0 Å². The summed E-state index contributed by atoms with van der Waals surface area (Å²) in [5.74, 6) is -6.20. The van der Waals surface area contributed by atoms with Crippen molar-refractivity contribution in [1.82, 2.24) is 0 Å². The molecule has 6 rings (SSSR count). The lowest BCUT2D eigenvalue weighted by atomic mass is 9.77. The molecule has 2 heterocycles. The molecule has 2 aliphatic heterocycles. The Bertz CT molecular complexity index is 1410. The van der Waals surface area contributed by atoms with E-state index in [0.29, 0.717) is 5.56 Å². The first-order valence-corrected chi connectivity index (χ1v) is 11.0. The van der Waals surface area contributed by atoms with Gasteiger partial charge in [-0.05, 0) is 29.8 Å². The third-order valence-corrected chi connectivity index (χ3v) is 7.02. The highest BCUT2D eigenvalue weighted by Gasteiger charge is 2.74. The van der Waals surface area contributed by atoms with Crippen molar-refractivity contribution in [3.8, 4) is 0 Å². The lowest BCUT2D eigenvalue weighted by Crippen LogP contribution is -2.51. The number of hydrogen-bond donors (Lipinski definition) is 1. The molecule has 3 aliphatic rings. The predicted molar refractivity (Wildman–Crippen MR) is 121 cm³/mol. The number of imide groups is 1. The van der Waals surface area contributed by atoms with Gasteiger partial charge in [-0.15, -0.1) is 0 Å². The third kappa shape index (κ3) is 2.68. The van der Waals surface area contributed by atoms with Crippen LogP contribution in [-0.2, 0) is 14.3 Å². The molecule has 3 aromatic carbocycles. The van der Waals surface area contributed by atoms with Crippen molar-refractivity contribution in [2.45, 2.75) is 11.7 Å². The van der Waals surface area contributed by atoms with Gasteiger partial charge in [0.1, 0.15) is 0 Å². The molecule has 8 nitrogen and oxygen atoms in total. The molecule has 2 fully saturated rings. The highest BCUT2D eigenvalue weighted by molar-refractivity contribution is 6.37. The van der Waals surface area contributed by atoms with E-state index in [0.717, 1.165) is 4.90 Å². The molecule has 0 bridgehead atoms. The van der Waals surface area contributed by atoms with E-state index in [-0.39, 0.29) is 22.4 Å². The number of hydrogen-bond acceptors (Lipinski definition) is 6. The summed E-state index contributed by atoms with van der Waals surface area (Å²) in [5, 5.41) is 9.18. The standard InChI is InChI=1S/C27H17NO7/c29-22-17-8-4-5-9-18(17)23(30)27(22)20-19(21(35-27)14-6-2-1-3-7-14)24(31)28(25(20)32)16-12-10-15(11-13-16)26(33)34/h1-13,19-21H,(H,33,34)/t19-,20-,21+/m0/s1. The highest BCUT2D eigenvalue weighted by atomic mass is 16.5. The van der Waals surface area contributed by atoms with Crippen LogP contribution < -0.4 is 4.90 Å². The fraction of sp³-hybridized carbons (Fsp3) is 0.148. The third-order valence-electron chi connectivity index (χ3n) is 7.02. The largest absolute Gasteiger partial charge is 0.478 e. The number of ether oxygens (including phenoxy) is 1. The van der Waals surface area contributed by atoms with Gasteiger partial charge in [0.15, 0.2) is 0 Å². The maximum atomic E-state index is 13.8. The summed E-state index contributed by atoms with van der Waals surface area (Å²) in [4.78, 5) is 67.0. The zero-order valence-electron chi connectivity index (χ0n) is 18.1. The van der Waals surface area contributed by atoms with Gasteiger partial charge in [0.25, 0.3) is 0 Å². The van der Waals surface area contributed by atoms with E-state index in [1.807, 2.05) is 0 Å². The van der Waals surface area contributed by atoms with E-state index < -0.39 is 52.9 Å². The molecule has 0 saturated carbocycles. The van der Waals surface area contributed by atoms with Gasteiger partial charge >= 0.3 is 5.97 Å². The molecule has 0 aromatic heterocycles. The van der Waals surface area contributed by atoms with Crippen molar-refractivity contribution in [3.63, 3.8) is 0 Å². The van der Waals surface area contributed by atoms with Gasteiger partial charge in [0.05, 0.1) is 29.2 Å². The average Bonchev–Trinajstić information content (AvgIpc) is 3.44. The van der Waals surface area contributed by atoms with Gasteiger partial charge < -0.3 is 9.84 Å². The van der Waals surface area contributed by atoms with Crippen LogP contribution in [0.2, 0.25) is 0 Å². The summed E-state index contributed by atoms with van der Waals surface area (Å²) in [6.07, 6.45) is -0.997. The number of carboxylic acids is 1. The molecule has 1 spiro atoms. The minimum Gasteiger partial charge on any atom is -0.478 e. The van der Waals surface area contributed by atoms with Crippen molar-refractivity contribution >= 4 is 35.0 Å². The molecule has 3 atom stereocenters. The molecule has 1 N–H and O–H groups in total. The molecular weight excluding hydrogens is 450 g/mol. The van der Waals surface area contributed by atoms with Crippen LogP contribution in [0.4, 0.5) is 5.69 Å². The first kappa shape index (κ1) is 21.1. The summed E-state index contributed by atoms with van der Waals surface area (Å²) in [7, 11) is 0. The number of nitrogens with zero attached hydrogens (tertiary/aromatic N) is 1. The van der Waals surface area contributed by atoms with Gasteiger partial charge in [-0.3, -0.25) is 19.2 Å². The van der Waals surface area contributed by atoms with Crippen LogP contribution >= 0.6 is 0 Å². The lowest BCUT2D eigenvalue weighted by molar-refractivity contribution is -0.127. The zero-order chi connectivity index (χ0) is 24.5. The number of carbonyl (C=O) groups is 5. The first-order chi connectivity index (χ1) is 16.9. The fourth-order valence-electron chi connectivity index (χ4n) is 5.47. The summed E-state index contributed by atoms with van der Waals surface area (Å²) >= 11 is 0. The summed E-state index contributed by atoms with van der Waals surface area (Å²) in [5.41, 5.74) is -1.09. The van der Waals surface area contributed by atoms with Crippen molar-refractivity contribution in [2.75, 3.05) is 4.90 Å². The fourth-order valence-corrected chi connectivity index (χ4v) is 5.47. The van der Waals surface area contributed by atoms with Gasteiger partial charge in [-0.1, -0.05) is 54.6 Å². The Morgan fingerprint density at radius 3 is 1.91 bits per heavy atom. The monoisotopic (exact) mass is 467 g/mol. The van der Waals surface area contributed by atoms with Crippen molar-refractivity contribution in [3.05, 3.63) is 101 Å². The second-order valence-corrected chi connectivity index (χ2v) is 8.76. The molecule has 8 heteroatoms. The van der Waals surface area contributed by atoms with Crippen molar-refractivity contribution in [1.29, 1.82) is 0 Å². The Hall–Kier alpha value is -4.43. The first-order valence-electron chi connectivity index (χ1n) is 11.0. The summed E-state index contributed by atoms with van der Waals surface area (Å²) < 4.78 is 6.20. The molecule has 1 aliphatic carbocycles. The predicted octanol–water partition coefficient (Wildman–Crippen LogP) is 3.08. The smallest absolute Gasteiger partial charge is 0.335 e. The number of ketones is 2. The number of benzene rings is 3. The number of carboxylic acid groups (broad SMARTS) is 1. The maximum absolute atomic E-state index is 13.8. The molecule has 0 radical (unpaired) electrons. The van der Waals surface area contributed by atoms with E-state index in [2.05, 4.69) is 0 Å². The molecule has 2 amide bonds. The zero-order valence-corrected chi connectivity index (χ0v) is 18.1. The maximum Gasteiger partial charge on any atom is 0.335 e. The number of aromatic carboxylic acids is 1. The number of rotatable bonds is 3. The number of amides is 2. The van der Waals surface area contributed by atoms with E-state index in [9.17, 15) is 29.1 Å². The quantitative estimate of drug-likeness (QED) is 0.465. The Morgan fingerprint density at radius 1 is 0.771 bits per heavy atom. The minimum atomic E-state index is -2.14. The lowest BCUT2D eigenvalue weighted by Gasteiger charge is -2.27. The molecule has 172 valence electrons. The van der Waals surface area contributed by atoms with Crippen molar-refractivity contribution in [2.24, 2.45) is 11.8 Å². The number of carbonyl (C=O) groups excluding carboxylic acids is 4. The molecule has 3 aromatic rings.